The monoisotopic (exact) mass is 384 g/mol. The third-order valence-corrected chi connectivity index (χ3v) is 5.50. The van der Waals surface area contributed by atoms with Crippen LogP contribution in [0.1, 0.15) is 51.7 Å². The summed E-state index contributed by atoms with van der Waals surface area (Å²) in [7, 11) is 1.54. The van der Waals surface area contributed by atoms with E-state index in [2.05, 4.69) is 15.3 Å². The number of hydrogen-bond donors (Lipinski definition) is 3. The molecule has 8 nitrogen and oxygen atoms in total. The van der Waals surface area contributed by atoms with E-state index in [-0.39, 0.29) is 12.1 Å². The van der Waals surface area contributed by atoms with E-state index in [4.69, 9.17) is 4.74 Å². The first-order valence-corrected chi connectivity index (χ1v) is 9.53. The number of nitrogens with zero attached hydrogens (tertiary/aromatic N) is 3. The molecule has 1 aliphatic carbocycles. The summed E-state index contributed by atoms with van der Waals surface area (Å²) in [5.74, 6) is 0.266. The minimum absolute atomic E-state index is 0.225. The standard InChI is InChI=1S/C20H24N4O4/c1-28-18-14-5-3-2-4-13(14)12(8-15(18)20(26)27)6-7-24-11-23-17-16(25)9-21-10-22-19(17)24/h8,10-11,16,25H,2-7,9H2,1H3,(H,21,22)(H,26,27). The second-order valence-electron chi connectivity index (χ2n) is 7.16. The van der Waals surface area contributed by atoms with Crippen LogP contribution in [-0.2, 0) is 25.8 Å². The molecule has 3 N–H and O–H groups in total. The summed E-state index contributed by atoms with van der Waals surface area (Å²) >= 11 is 0. The lowest BCUT2D eigenvalue weighted by Gasteiger charge is -2.24. The SMILES string of the molecule is COc1c(C(=O)O)cc(CCn2cnc3c2NC=NCC3O)c2c1CCCC2. The second kappa shape index (κ2) is 7.63. The zero-order valence-electron chi connectivity index (χ0n) is 15.8. The van der Waals surface area contributed by atoms with Gasteiger partial charge in [-0.25, -0.2) is 9.78 Å². The van der Waals surface area contributed by atoms with Crippen LogP contribution in [0.25, 0.3) is 0 Å². The fourth-order valence-corrected chi connectivity index (χ4v) is 4.17. The van der Waals surface area contributed by atoms with Crippen LogP contribution in [0.4, 0.5) is 5.82 Å². The van der Waals surface area contributed by atoms with Gasteiger partial charge in [0.1, 0.15) is 28.9 Å². The molecule has 1 unspecified atom stereocenters. The molecule has 0 saturated heterocycles. The van der Waals surface area contributed by atoms with Crippen LogP contribution in [0.5, 0.6) is 5.75 Å². The van der Waals surface area contributed by atoms with Crippen molar-refractivity contribution in [2.45, 2.75) is 44.8 Å². The number of imidazole rings is 1. The Morgan fingerprint density at radius 3 is 2.89 bits per heavy atom. The van der Waals surface area contributed by atoms with Gasteiger partial charge >= 0.3 is 5.97 Å². The van der Waals surface area contributed by atoms with Gasteiger partial charge in [0.25, 0.3) is 0 Å². The van der Waals surface area contributed by atoms with Crippen LogP contribution in [0.3, 0.4) is 0 Å². The van der Waals surface area contributed by atoms with Gasteiger partial charge in [-0.1, -0.05) is 0 Å². The van der Waals surface area contributed by atoms with Crippen LogP contribution in [0.2, 0.25) is 0 Å². The van der Waals surface area contributed by atoms with Crippen molar-refractivity contribution in [2.24, 2.45) is 4.99 Å². The van der Waals surface area contributed by atoms with Gasteiger partial charge in [0.05, 0.1) is 26.3 Å². The predicted molar refractivity (Wildman–Crippen MR) is 104 cm³/mol. The lowest BCUT2D eigenvalue weighted by molar-refractivity contribution is 0.0693. The first-order chi connectivity index (χ1) is 13.6. The number of anilines is 1. The Balaban J connectivity index is 1.67. The number of rotatable bonds is 5. The van der Waals surface area contributed by atoms with Gasteiger partial charge in [-0.15, -0.1) is 0 Å². The molecule has 8 heteroatoms. The number of aliphatic hydroxyl groups excluding tert-OH is 1. The number of carboxylic acids is 1. The van der Waals surface area contributed by atoms with Gasteiger partial charge in [-0.3, -0.25) is 4.99 Å². The van der Waals surface area contributed by atoms with E-state index in [1.807, 2.05) is 4.57 Å². The molecule has 1 aromatic heterocycles. The van der Waals surface area contributed by atoms with Gasteiger partial charge in [0.2, 0.25) is 0 Å². The summed E-state index contributed by atoms with van der Waals surface area (Å²) in [5, 5.41) is 22.9. The van der Waals surface area contributed by atoms with Crippen molar-refractivity contribution in [1.29, 1.82) is 0 Å². The first kappa shape index (κ1) is 18.5. The van der Waals surface area contributed by atoms with E-state index in [1.54, 1.807) is 18.7 Å². The molecular formula is C20H24N4O4. The number of aliphatic imine (C=N–C) groups is 1. The second-order valence-corrected chi connectivity index (χ2v) is 7.16. The van der Waals surface area contributed by atoms with E-state index < -0.39 is 12.1 Å². The van der Waals surface area contributed by atoms with Crippen LogP contribution in [0.15, 0.2) is 17.4 Å². The number of ether oxygens (including phenoxy) is 1. The Bertz CT molecular complexity index is 935. The fraction of sp³-hybridized carbons (Fsp3) is 0.450. The third-order valence-electron chi connectivity index (χ3n) is 5.50. The number of methoxy groups -OCH3 is 1. The first-order valence-electron chi connectivity index (χ1n) is 9.53. The van der Waals surface area contributed by atoms with Crippen molar-refractivity contribution in [3.8, 4) is 5.75 Å². The quantitative estimate of drug-likeness (QED) is 0.729. The Morgan fingerprint density at radius 2 is 2.14 bits per heavy atom. The molecule has 0 bridgehead atoms. The molecule has 1 aliphatic heterocycles. The molecule has 2 aromatic rings. The molecule has 0 amide bonds. The summed E-state index contributed by atoms with van der Waals surface area (Å²) in [6.07, 6.45) is 7.14. The molecular weight excluding hydrogens is 360 g/mol. The number of aromatic nitrogens is 2. The Hall–Kier alpha value is -2.87. The summed E-state index contributed by atoms with van der Waals surface area (Å²) in [4.78, 5) is 20.2. The number of aromatic carboxylic acids is 1. The third kappa shape index (κ3) is 3.24. The van der Waals surface area contributed by atoms with Crippen molar-refractivity contribution < 1.29 is 19.7 Å². The van der Waals surface area contributed by atoms with Crippen LogP contribution >= 0.6 is 0 Å². The van der Waals surface area contributed by atoms with Crippen molar-refractivity contribution in [3.05, 3.63) is 40.3 Å². The Kier molecular flexibility index (Phi) is 5.04. The van der Waals surface area contributed by atoms with E-state index in [9.17, 15) is 15.0 Å². The maximum atomic E-state index is 11.8. The Morgan fingerprint density at radius 1 is 1.36 bits per heavy atom. The molecule has 1 aromatic carbocycles. The summed E-state index contributed by atoms with van der Waals surface area (Å²) in [6, 6.07) is 1.75. The number of aryl methyl sites for hydroxylation is 2. The maximum Gasteiger partial charge on any atom is 0.339 e. The zero-order chi connectivity index (χ0) is 19.7. The normalized spacial score (nSPS) is 18.0. The largest absolute Gasteiger partial charge is 0.496 e. The van der Waals surface area contributed by atoms with Crippen molar-refractivity contribution in [3.63, 3.8) is 0 Å². The minimum atomic E-state index is -0.969. The van der Waals surface area contributed by atoms with E-state index >= 15 is 0 Å². The summed E-state index contributed by atoms with van der Waals surface area (Å²) in [5.41, 5.74) is 4.10. The predicted octanol–water partition coefficient (Wildman–Crippen LogP) is 2.20. The van der Waals surface area contributed by atoms with Gasteiger partial charge in [-0.05, 0) is 54.9 Å². The molecule has 1 atom stereocenters. The number of fused-ring (bicyclic) bond motifs is 2. The highest BCUT2D eigenvalue weighted by Gasteiger charge is 2.25. The number of carboxylic acid groups (broad SMARTS) is 1. The molecule has 28 heavy (non-hydrogen) atoms. The lowest BCUT2D eigenvalue weighted by Crippen LogP contribution is -2.15. The number of benzene rings is 1. The van der Waals surface area contributed by atoms with Crippen LogP contribution in [-0.4, -0.2) is 45.7 Å². The van der Waals surface area contributed by atoms with Crippen LogP contribution < -0.4 is 10.1 Å². The maximum absolute atomic E-state index is 11.8. The molecule has 2 heterocycles. The lowest BCUT2D eigenvalue weighted by atomic mass is 9.84. The molecule has 0 radical (unpaired) electrons. The van der Waals surface area contributed by atoms with Crippen LogP contribution in [0, 0.1) is 0 Å². The number of hydrogen-bond acceptors (Lipinski definition) is 6. The zero-order valence-corrected chi connectivity index (χ0v) is 15.8. The Labute approximate surface area is 162 Å². The topological polar surface area (TPSA) is 109 Å². The average molecular weight is 384 g/mol. The molecule has 0 spiro atoms. The number of aliphatic hydroxyl groups is 1. The van der Waals surface area contributed by atoms with E-state index in [1.165, 1.54) is 12.7 Å². The van der Waals surface area contributed by atoms with Gasteiger partial charge in [-0.2, -0.15) is 0 Å². The molecule has 4 rings (SSSR count). The molecule has 2 aliphatic rings. The van der Waals surface area contributed by atoms with Gasteiger partial charge < -0.3 is 24.8 Å². The highest BCUT2D eigenvalue weighted by Crippen LogP contribution is 2.36. The van der Waals surface area contributed by atoms with Crippen molar-refractivity contribution in [2.75, 3.05) is 19.0 Å². The summed E-state index contributed by atoms with van der Waals surface area (Å²) < 4.78 is 7.40. The highest BCUT2D eigenvalue weighted by molar-refractivity contribution is 5.92. The van der Waals surface area contributed by atoms with Gasteiger partial charge in [0, 0.05) is 6.54 Å². The minimum Gasteiger partial charge on any atom is -0.496 e. The van der Waals surface area contributed by atoms with E-state index in [0.717, 1.165) is 42.6 Å². The highest BCUT2D eigenvalue weighted by atomic mass is 16.5. The van der Waals surface area contributed by atoms with Crippen molar-refractivity contribution in [1.82, 2.24) is 9.55 Å². The summed E-state index contributed by atoms with van der Waals surface area (Å²) in [6.45, 7) is 0.901. The molecule has 0 saturated carbocycles. The molecule has 148 valence electrons. The number of carbonyl (C=O) groups is 1. The van der Waals surface area contributed by atoms with E-state index in [0.29, 0.717) is 24.4 Å². The number of nitrogens with one attached hydrogen (secondary N) is 1. The average Bonchev–Trinajstić information content (AvgIpc) is 3.02. The fourth-order valence-electron chi connectivity index (χ4n) is 4.17. The molecule has 0 fully saturated rings. The smallest absolute Gasteiger partial charge is 0.339 e. The van der Waals surface area contributed by atoms with Gasteiger partial charge in [0.15, 0.2) is 0 Å². The van der Waals surface area contributed by atoms with Crippen molar-refractivity contribution >= 4 is 18.1 Å².